The van der Waals surface area contributed by atoms with E-state index in [4.69, 9.17) is 16.3 Å². The van der Waals surface area contributed by atoms with Crippen LogP contribution in [0.5, 0.6) is 11.5 Å². The first-order valence-corrected chi connectivity index (χ1v) is 8.90. The molecule has 1 amide bonds. The second-order valence-electron chi connectivity index (χ2n) is 5.97. The van der Waals surface area contributed by atoms with Crippen molar-refractivity contribution in [2.45, 2.75) is 13.0 Å². The SMILES string of the molecule is C[C@H](NC(=O)C=Cc1ccc(Cl)cc1)c1cccc(Oc2ccncc2)c1. The number of nitrogens with one attached hydrogen (secondary N) is 1. The van der Waals surface area contributed by atoms with Gasteiger partial charge >= 0.3 is 0 Å². The van der Waals surface area contributed by atoms with Crippen molar-refractivity contribution in [3.05, 3.63) is 95.3 Å². The maximum atomic E-state index is 12.2. The van der Waals surface area contributed by atoms with Crippen LogP contribution in [0.3, 0.4) is 0 Å². The van der Waals surface area contributed by atoms with Crippen LogP contribution in [0.2, 0.25) is 5.02 Å². The lowest BCUT2D eigenvalue weighted by Crippen LogP contribution is -2.24. The molecule has 3 rings (SSSR count). The van der Waals surface area contributed by atoms with Gasteiger partial charge in [-0.15, -0.1) is 0 Å². The number of ether oxygens (including phenoxy) is 1. The maximum absolute atomic E-state index is 12.2. The average Bonchev–Trinajstić information content (AvgIpc) is 2.68. The molecule has 0 aliphatic heterocycles. The number of benzene rings is 2. The van der Waals surface area contributed by atoms with Gasteiger partial charge in [0.1, 0.15) is 11.5 Å². The number of amides is 1. The van der Waals surface area contributed by atoms with Gasteiger partial charge in [-0.05, 0) is 60.5 Å². The lowest BCUT2D eigenvalue weighted by Gasteiger charge is -2.14. The van der Waals surface area contributed by atoms with Crippen molar-refractivity contribution in [1.29, 1.82) is 0 Å². The van der Waals surface area contributed by atoms with Gasteiger partial charge in [-0.3, -0.25) is 9.78 Å². The Hall–Kier alpha value is -3.11. The number of aromatic nitrogens is 1. The molecule has 0 aliphatic rings. The lowest BCUT2D eigenvalue weighted by atomic mass is 10.1. The predicted molar refractivity (Wildman–Crippen MR) is 108 cm³/mol. The molecule has 1 aromatic heterocycles. The van der Waals surface area contributed by atoms with Crippen LogP contribution in [0.15, 0.2) is 79.1 Å². The minimum Gasteiger partial charge on any atom is -0.457 e. The molecule has 0 fully saturated rings. The van der Waals surface area contributed by atoms with Gasteiger partial charge in [-0.25, -0.2) is 0 Å². The van der Waals surface area contributed by atoms with Crippen molar-refractivity contribution < 1.29 is 9.53 Å². The molecule has 0 unspecified atom stereocenters. The molecule has 0 saturated heterocycles. The molecular weight excluding hydrogens is 360 g/mol. The van der Waals surface area contributed by atoms with E-state index in [1.165, 1.54) is 6.08 Å². The number of carbonyl (C=O) groups is 1. The molecule has 0 bridgehead atoms. The highest BCUT2D eigenvalue weighted by molar-refractivity contribution is 6.30. The summed E-state index contributed by atoms with van der Waals surface area (Å²) < 4.78 is 5.81. The van der Waals surface area contributed by atoms with Crippen LogP contribution in [0.25, 0.3) is 6.08 Å². The first kappa shape index (κ1) is 18.7. The monoisotopic (exact) mass is 378 g/mol. The van der Waals surface area contributed by atoms with Crippen LogP contribution in [0.4, 0.5) is 0 Å². The molecule has 4 nitrogen and oxygen atoms in total. The van der Waals surface area contributed by atoms with Crippen LogP contribution in [-0.2, 0) is 4.79 Å². The van der Waals surface area contributed by atoms with Crippen molar-refractivity contribution in [2.75, 3.05) is 0 Å². The zero-order valence-electron chi connectivity index (χ0n) is 14.8. The molecule has 1 atom stereocenters. The summed E-state index contributed by atoms with van der Waals surface area (Å²) in [5.41, 5.74) is 1.87. The van der Waals surface area contributed by atoms with E-state index in [1.807, 2.05) is 43.3 Å². The minimum atomic E-state index is -0.169. The summed E-state index contributed by atoms with van der Waals surface area (Å²) in [5.74, 6) is 1.25. The number of pyridine rings is 1. The van der Waals surface area contributed by atoms with Gasteiger partial charge in [0, 0.05) is 23.5 Å². The molecule has 1 heterocycles. The van der Waals surface area contributed by atoms with Crippen LogP contribution in [0.1, 0.15) is 24.1 Å². The normalized spacial score (nSPS) is 11.9. The standard InChI is InChI=1S/C22H19ClN2O2/c1-16(25-22(26)10-7-17-5-8-19(23)9-6-17)18-3-2-4-21(15-18)27-20-11-13-24-14-12-20/h2-16H,1H3,(H,25,26)/t16-/m0/s1. The fourth-order valence-electron chi connectivity index (χ4n) is 2.48. The zero-order valence-corrected chi connectivity index (χ0v) is 15.6. The molecule has 0 aliphatic carbocycles. The molecule has 1 N–H and O–H groups in total. The highest BCUT2D eigenvalue weighted by atomic mass is 35.5. The van der Waals surface area contributed by atoms with Gasteiger partial charge in [-0.2, -0.15) is 0 Å². The molecule has 3 aromatic rings. The fourth-order valence-corrected chi connectivity index (χ4v) is 2.61. The molecule has 5 heteroatoms. The summed E-state index contributed by atoms with van der Waals surface area (Å²) in [6.07, 6.45) is 6.61. The van der Waals surface area contributed by atoms with E-state index in [9.17, 15) is 4.79 Å². The molecule has 27 heavy (non-hydrogen) atoms. The number of nitrogens with zero attached hydrogens (tertiary/aromatic N) is 1. The minimum absolute atomic E-state index is 0.159. The van der Waals surface area contributed by atoms with E-state index in [0.717, 1.165) is 11.1 Å². The van der Waals surface area contributed by atoms with Crippen LogP contribution >= 0.6 is 11.6 Å². The third kappa shape index (κ3) is 5.69. The fraction of sp³-hybridized carbons (Fsp3) is 0.0909. The van der Waals surface area contributed by atoms with Crippen molar-refractivity contribution in [3.8, 4) is 11.5 Å². The molecule has 2 aromatic carbocycles. The third-order valence-corrected chi connectivity index (χ3v) is 4.15. The van der Waals surface area contributed by atoms with E-state index >= 15 is 0 Å². The predicted octanol–water partition coefficient (Wildman–Crippen LogP) is 5.42. The summed E-state index contributed by atoms with van der Waals surface area (Å²) >= 11 is 5.86. The van der Waals surface area contributed by atoms with Gasteiger partial charge in [-0.1, -0.05) is 35.9 Å². The second-order valence-corrected chi connectivity index (χ2v) is 6.41. The van der Waals surface area contributed by atoms with E-state index < -0.39 is 0 Å². The topological polar surface area (TPSA) is 51.2 Å². The highest BCUT2D eigenvalue weighted by Gasteiger charge is 2.09. The first-order chi connectivity index (χ1) is 13.1. The second kappa shape index (κ2) is 9.01. The van der Waals surface area contributed by atoms with Gasteiger partial charge in [0.05, 0.1) is 6.04 Å². The van der Waals surface area contributed by atoms with E-state index in [2.05, 4.69) is 10.3 Å². The Balaban J connectivity index is 1.61. The van der Waals surface area contributed by atoms with Crippen molar-refractivity contribution in [3.63, 3.8) is 0 Å². The van der Waals surface area contributed by atoms with Crippen molar-refractivity contribution in [1.82, 2.24) is 10.3 Å². The molecular formula is C22H19ClN2O2. The Morgan fingerprint density at radius 2 is 1.81 bits per heavy atom. The number of hydrogen-bond donors (Lipinski definition) is 1. The largest absolute Gasteiger partial charge is 0.457 e. The van der Waals surface area contributed by atoms with Crippen molar-refractivity contribution >= 4 is 23.6 Å². The maximum Gasteiger partial charge on any atom is 0.244 e. The lowest BCUT2D eigenvalue weighted by molar-refractivity contribution is -0.117. The zero-order chi connectivity index (χ0) is 19.1. The van der Waals surface area contributed by atoms with Crippen LogP contribution in [-0.4, -0.2) is 10.9 Å². The summed E-state index contributed by atoms with van der Waals surface area (Å²) in [5, 5.41) is 3.62. The van der Waals surface area contributed by atoms with Gasteiger partial charge in [0.25, 0.3) is 0 Å². The van der Waals surface area contributed by atoms with E-state index in [0.29, 0.717) is 16.5 Å². The number of hydrogen-bond acceptors (Lipinski definition) is 3. The van der Waals surface area contributed by atoms with Crippen molar-refractivity contribution in [2.24, 2.45) is 0 Å². The number of rotatable bonds is 6. The summed E-state index contributed by atoms with van der Waals surface area (Å²) in [4.78, 5) is 16.1. The Morgan fingerprint density at radius 3 is 2.56 bits per heavy atom. The number of carbonyl (C=O) groups excluding carboxylic acids is 1. The van der Waals surface area contributed by atoms with Crippen LogP contribution in [0, 0.1) is 0 Å². The third-order valence-electron chi connectivity index (χ3n) is 3.90. The van der Waals surface area contributed by atoms with E-state index in [-0.39, 0.29) is 11.9 Å². The average molecular weight is 379 g/mol. The summed E-state index contributed by atoms with van der Waals surface area (Å²) in [7, 11) is 0. The van der Waals surface area contributed by atoms with Gasteiger partial charge < -0.3 is 10.1 Å². The quantitative estimate of drug-likeness (QED) is 0.583. The molecule has 136 valence electrons. The highest BCUT2D eigenvalue weighted by Crippen LogP contribution is 2.24. The van der Waals surface area contributed by atoms with Gasteiger partial charge in [0.15, 0.2) is 0 Å². The number of halogens is 1. The van der Waals surface area contributed by atoms with Gasteiger partial charge in [0.2, 0.25) is 5.91 Å². The smallest absolute Gasteiger partial charge is 0.244 e. The van der Waals surface area contributed by atoms with Crippen LogP contribution < -0.4 is 10.1 Å². The Kier molecular flexibility index (Phi) is 6.23. The Labute approximate surface area is 163 Å². The molecule has 0 saturated carbocycles. The molecule has 0 spiro atoms. The Bertz CT molecular complexity index is 925. The molecule has 0 radical (unpaired) electrons. The first-order valence-electron chi connectivity index (χ1n) is 8.52. The summed E-state index contributed by atoms with van der Waals surface area (Å²) in [6, 6.07) is 18.3. The van der Waals surface area contributed by atoms with E-state index in [1.54, 1.807) is 42.7 Å². The summed E-state index contributed by atoms with van der Waals surface area (Å²) in [6.45, 7) is 1.93. The Morgan fingerprint density at radius 1 is 1.07 bits per heavy atom.